The summed E-state index contributed by atoms with van der Waals surface area (Å²) in [6.07, 6.45) is 1.15. The minimum atomic E-state index is -1.12. The summed E-state index contributed by atoms with van der Waals surface area (Å²) in [4.78, 5) is 12.5. The van der Waals surface area contributed by atoms with Gasteiger partial charge in [-0.25, -0.2) is 15.0 Å². The average Bonchev–Trinajstić information content (AvgIpc) is 3.28. The molecule has 29 heavy (non-hydrogen) atoms. The van der Waals surface area contributed by atoms with Gasteiger partial charge >= 0.3 is 0 Å². The van der Waals surface area contributed by atoms with Crippen molar-refractivity contribution in [1.82, 2.24) is 19.5 Å². The lowest BCUT2D eigenvalue weighted by Crippen LogP contribution is -2.34. The normalized spacial score (nSPS) is 24.3. The quantitative estimate of drug-likeness (QED) is 0.473. The highest BCUT2D eigenvalue weighted by Gasteiger charge is 2.44. The number of hydrogen-bond donors (Lipinski definition) is 3. The van der Waals surface area contributed by atoms with Crippen molar-refractivity contribution in [2.75, 3.05) is 12.3 Å². The zero-order chi connectivity index (χ0) is 20.0. The SMILES string of the molecule is Nc1ccc2ccc(OC[C@H]3O[C@@H](n4ccc5cncnc54)[C@H](O)C3O)cc2n1. The van der Waals surface area contributed by atoms with E-state index in [2.05, 4.69) is 15.0 Å². The van der Waals surface area contributed by atoms with Crippen LogP contribution in [0.15, 0.2) is 55.1 Å². The zero-order valence-corrected chi connectivity index (χ0v) is 15.3. The van der Waals surface area contributed by atoms with Crippen LogP contribution < -0.4 is 10.5 Å². The predicted molar refractivity (Wildman–Crippen MR) is 105 cm³/mol. The maximum Gasteiger partial charge on any atom is 0.164 e. The molecule has 3 aromatic heterocycles. The summed E-state index contributed by atoms with van der Waals surface area (Å²) in [6.45, 7) is 0.0662. The van der Waals surface area contributed by atoms with E-state index in [0.29, 0.717) is 22.7 Å². The topological polar surface area (TPSA) is 129 Å². The largest absolute Gasteiger partial charge is 0.491 e. The maximum atomic E-state index is 10.5. The van der Waals surface area contributed by atoms with Gasteiger partial charge in [-0.1, -0.05) is 0 Å². The summed E-state index contributed by atoms with van der Waals surface area (Å²) < 4.78 is 13.4. The number of fused-ring (bicyclic) bond motifs is 2. The molecule has 1 fully saturated rings. The molecule has 0 spiro atoms. The number of nitrogens with two attached hydrogens (primary N) is 1. The molecule has 4 heterocycles. The van der Waals surface area contributed by atoms with Crippen LogP contribution in [0.2, 0.25) is 0 Å². The van der Waals surface area contributed by atoms with E-state index in [0.717, 1.165) is 10.8 Å². The van der Waals surface area contributed by atoms with Crippen LogP contribution in [0.5, 0.6) is 5.75 Å². The fourth-order valence-electron chi connectivity index (χ4n) is 3.58. The Balaban J connectivity index is 1.33. The first-order valence-corrected chi connectivity index (χ1v) is 9.17. The molecule has 9 heteroatoms. The number of hydrogen-bond acceptors (Lipinski definition) is 8. The molecule has 5 rings (SSSR count). The smallest absolute Gasteiger partial charge is 0.164 e. The van der Waals surface area contributed by atoms with Gasteiger partial charge in [-0.15, -0.1) is 0 Å². The van der Waals surface area contributed by atoms with Crippen molar-refractivity contribution in [2.45, 2.75) is 24.5 Å². The van der Waals surface area contributed by atoms with Gasteiger partial charge in [-0.2, -0.15) is 0 Å². The molecule has 1 aliphatic rings. The van der Waals surface area contributed by atoms with Gasteiger partial charge in [-0.05, 0) is 30.3 Å². The van der Waals surface area contributed by atoms with Gasteiger partial charge in [-0.3, -0.25) is 0 Å². The molecule has 0 radical (unpaired) electrons. The van der Waals surface area contributed by atoms with Crippen molar-refractivity contribution < 1.29 is 19.7 Å². The molecule has 1 unspecified atom stereocenters. The summed E-state index contributed by atoms with van der Waals surface area (Å²) in [5.74, 6) is 1.00. The van der Waals surface area contributed by atoms with Crippen molar-refractivity contribution in [1.29, 1.82) is 0 Å². The molecule has 0 amide bonds. The standard InChI is InChI=1S/C20H19N5O4/c21-16-4-2-11-1-3-13(7-14(11)24-16)28-9-15-17(26)18(27)20(29-15)25-6-5-12-8-22-10-23-19(12)25/h1-8,10,15,17-18,20,26-27H,9H2,(H2,21,24)/t15-,17?,18-,20-/m1/s1. The molecule has 0 saturated carbocycles. The van der Waals surface area contributed by atoms with Crippen LogP contribution >= 0.6 is 0 Å². The molecule has 1 aliphatic heterocycles. The van der Waals surface area contributed by atoms with Crippen LogP contribution in [0, 0.1) is 0 Å². The number of rotatable bonds is 4. The molecule has 1 aromatic carbocycles. The van der Waals surface area contributed by atoms with E-state index < -0.39 is 24.5 Å². The number of ether oxygens (including phenoxy) is 2. The third-order valence-corrected chi connectivity index (χ3v) is 5.09. The fraction of sp³-hybridized carbons (Fsp3) is 0.250. The van der Waals surface area contributed by atoms with E-state index in [9.17, 15) is 10.2 Å². The first-order chi connectivity index (χ1) is 14.1. The van der Waals surface area contributed by atoms with E-state index >= 15 is 0 Å². The number of anilines is 1. The Hall–Kier alpha value is -3.27. The van der Waals surface area contributed by atoms with Gasteiger partial charge in [0, 0.05) is 29.2 Å². The average molecular weight is 393 g/mol. The van der Waals surface area contributed by atoms with Gasteiger partial charge in [0.25, 0.3) is 0 Å². The molecular formula is C20H19N5O4. The fourth-order valence-corrected chi connectivity index (χ4v) is 3.58. The summed E-state index contributed by atoms with van der Waals surface area (Å²) in [7, 11) is 0. The highest BCUT2D eigenvalue weighted by atomic mass is 16.6. The highest BCUT2D eigenvalue weighted by Crippen LogP contribution is 2.32. The van der Waals surface area contributed by atoms with Crippen LogP contribution in [0.25, 0.3) is 21.9 Å². The van der Waals surface area contributed by atoms with E-state index in [1.807, 2.05) is 24.3 Å². The van der Waals surface area contributed by atoms with Crippen LogP contribution in [0.4, 0.5) is 5.82 Å². The van der Waals surface area contributed by atoms with Crippen molar-refractivity contribution in [3.63, 3.8) is 0 Å². The van der Waals surface area contributed by atoms with Gasteiger partial charge in [0.1, 0.15) is 48.5 Å². The lowest BCUT2D eigenvalue weighted by molar-refractivity contribution is -0.0471. The molecule has 9 nitrogen and oxygen atoms in total. The lowest BCUT2D eigenvalue weighted by Gasteiger charge is -2.17. The van der Waals surface area contributed by atoms with E-state index in [4.69, 9.17) is 15.2 Å². The Morgan fingerprint density at radius 2 is 1.97 bits per heavy atom. The van der Waals surface area contributed by atoms with Gasteiger partial charge in [0.15, 0.2) is 6.23 Å². The van der Waals surface area contributed by atoms with Crippen LogP contribution in [0.3, 0.4) is 0 Å². The number of aromatic nitrogens is 4. The first-order valence-electron chi connectivity index (χ1n) is 9.17. The summed E-state index contributed by atoms with van der Waals surface area (Å²) >= 11 is 0. The van der Waals surface area contributed by atoms with Crippen LogP contribution in [0.1, 0.15) is 6.23 Å². The van der Waals surface area contributed by atoms with Crippen molar-refractivity contribution in [3.8, 4) is 5.75 Å². The third kappa shape index (κ3) is 3.15. The number of nitrogen functional groups attached to an aromatic ring is 1. The summed E-state index contributed by atoms with van der Waals surface area (Å²) in [5.41, 5.74) is 7.07. The predicted octanol–water partition coefficient (Wildman–Crippen LogP) is 1.26. The molecule has 0 bridgehead atoms. The van der Waals surface area contributed by atoms with Gasteiger partial charge in [0.05, 0.1) is 5.52 Å². The minimum Gasteiger partial charge on any atom is -0.491 e. The van der Waals surface area contributed by atoms with Crippen LogP contribution in [-0.2, 0) is 4.74 Å². The molecule has 0 aliphatic carbocycles. The Labute approximate surface area is 165 Å². The maximum absolute atomic E-state index is 10.5. The van der Waals surface area contributed by atoms with Crippen molar-refractivity contribution in [3.05, 3.63) is 55.1 Å². The highest BCUT2D eigenvalue weighted by molar-refractivity contribution is 5.81. The molecule has 1 saturated heterocycles. The molecule has 4 N–H and O–H groups in total. The zero-order valence-electron chi connectivity index (χ0n) is 15.3. The Morgan fingerprint density at radius 1 is 1.10 bits per heavy atom. The van der Waals surface area contributed by atoms with Crippen molar-refractivity contribution in [2.24, 2.45) is 0 Å². The second-order valence-electron chi connectivity index (χ2n) is 6.97. The van der Waals surface area contributed by atoms with E-state index in [-0.39, 0.29) is 6.61 Å². The van der Waals surface area contributed by atoms with Crippen LogP contribution in [-0.4, -0.2) is 54.7 Å². The van der Waals surface area contributed by atoms with Crippen molar-refractivity contribution >= 4 is 27.8 Å². The second-order valence-corrected chi connectivity index (χ2v) is 6.97. The molecule has 4 aromatic rings. The Kier molecular flexibility index (Phi) is 4.27. The molecule has 4 atom stereocenters. The Morgan fingerprint density at radius 3 is 2.86 bits per heavy atom. The van der Waals surface area contributed by atoms with E-state index in [1.54, 1.807) is 29.1 Å². The monoisotopic (exact) mass is 393 g/mol. The third-order valence-electron chi connectivity index (χ3n) is 5.09. The first kappa shape index (κ1) is 17.8. The Bertz CT molecular complexity index is 1180. The number of aliphatic hydroxyl groups is 2. The van der Waals surface area contributed by atoms with Gasteiger partial charge in [0.2, 0.25) is 0 Å². The number of aliphatic hydroxyl groups excluding tert-OH is 2. The second kappa shape index (κ2) is 6.96. The number of pyridine rings is 1. The summed E-state index contributed by atoms with van der Waals surface area (Å²) in [6, 6.07) is 10.9. The summed E-state index contributed by atoms with van der Waals surface area (Å²) in [5, 5.41) is 22.7. The number of benzene rings is 1. The minimum absolute atomic E-state index is 0.0662. The van der Waals surface area contributed by atoms with Gasteiger partial charge < -0.3 is 30.0 Å². The molecular weight excluding hydrogens is 374 g/mol. The van der Waals surface area contributed by atoms with E-state index in [1.165, 1.54) is 6.33 Å². The lowest BCUT2D eigenvalue weighted by atomic mass is 10.1. The number of nitrogens with zero attached hydrogens (tertiary/aromatic N) is 4. The molecule has 148 valence electrons.